The Balaban J connectivity index is 1.32. The lowest BCUT2D eigenvalue weighted by Crippen LogP contribution is -2.26. The summed E-state index contributed by atoms with van der Waals surface area (Å²) in [7, 11) is 0. The van der Waals surface area contributed by atoms with Crippen LogP contribution in [0.15, 0.2) is 72.8 Å². The maximum absolute atomic E-state index is 14.4. The van der Waals surface area contributed by atoms with Gasteiger partial charge >= 0.3 is 0 Å². The number of carbonyl (C=O) groups excluding carboxylic acids is 1. The van der Waals surface area contributed by atoms with Crippen molar-refractivity contribution >= 4 is 28.5 Å². The standard InChI is InChI=1S/C27H27ClFN3O/c28-22-12-9-13-23(29)21(22)19-32-25-15-7-6-14-24(25)31-26(32)16-5-2-8-17-30-27(33)18-20-10-3-1-4-11-20/h1,3-4,6-7,9-15H,2,5,8,16-19H2,(H,30,33). The summed E-state index contributed by atoms with van der Waals surface area (Å²) in [5.41, 5.74) is 3.36. The molecule has 0 radical (unpaired) electrons. The number of rotatable bonds is 10. The van der Waals surface area contributed by atoms with Crippen molar-refractivity contribution in [1.82, 2.24) is 14.9 Å². The number of unbranched alkanes of at least 4 members (excludes halogenated alkanes) is 2. The molecule has 1 amide bonds. The molecule has 0 aliphatic rings. The van der Waals surface area contributed by atoms with Gasteiger partial charge in [0.05, 0.1) is 24.0 Å². The van der Waals surface area contributed by atoms with Crippen LogP contribution in [0, 0.1) is 5.82 Å². The Hall–Kier alpha value is -3.18. The van der Waals surface area contributed by atoms with E-state index in [1.165, 1.54) is 6.07 Å². The van der Waals surface area contributed by atoms with Crippen LogP contribution < -0.4 is 5.32 Å². The van der Waals surface area contributed by atoms with Gasteiger partial charge in [-0.2, -0.15) is 0 Å². The number of halogens is 2. The molecule has 1 aromatic heterocycles. The lowest BCUT2D eigenvalue weighted by atomic mass is 10.1. The van der Waals surface area contributed by atoms with E-state index in [1.54, 1.807) is 12.1 Å². The molecule has 4 nitrogen and oxygen atoms in total. The zero-order valence-electron chi connectivity index (χ0n) is 18.4. The summed E-state index contributed by atoms with van der Waals surface area (Å²) in [5, 5.41) is 3.41. The Bertz CT molecular complexity index is 1200. The van der Waals surface area contributed by atoms with E-state index in [0.29, 0.717) is 30.1 Å². The van der Waals surface area contributed by atoms with Crippen LogP contribution in [0.3, 0.4) is 0 Å². The van der Waals surface area contributed by atoms with E-state index in [9.17, 15) is 9.18 Å². The number of carbonyl (C=O) groups is 1. The van der Waals surface area contributed by atoms with Gasteiger partial charge in [-0.15, -0.1) is 0 Å². The molecule has 0 aliphatic carbocycles. The first-order chi connectivity index (χ1) is 16.1. The molecule has 0 bridgehead atoms. The molecule has 170 valence electrons. The number of nitrogens with zero attached hydrogens (tertiary/aromatic N) is 2. The Kier molecular flexibility index (Phi) is 7.74. The van der Waals surface area contributed by atoms with Gasteiger partial charge in [0.25, 0.3) is 0 Å². The second-order valence-corrected chi connectivity index (χ2v) is 8.53. The van der Waals surface area contributed by atoms with Crippen molar-refractivity contribution in [3.63, 3.8) is 0 Å². The Morgan fingerprint density at radius 3 is 2.55 bits per heavy atom. The number of amides is 1. The Labute approximate surface area is 198 Å². The summed E-state index contributed by atoms with van der Waals surface area (Å²) in [6.45, 7) is 1.00. The highest BCUT2D eigenvalue weighted by Crippen LogP contribution is 2.24. The molecule has 33 heavy (non-hydrogen) atoms. The van der Waals surface area contributed by atoms with Crippen LogP contribution >= 0.6 is 11.6 Å². The summed E-state index contributed by atoms with van der Waals surface area (Å²) in [6, 6.07) is 22.4. The quantitative estimate of drug-likeness (QED) is 0.295. The number of benzene rings is 3. The largest absolute Gasteiger partial charge is 0.356 e. The zero-order chi connectivity index (χ0) is 23.0. The molecule has 0 saturated carbocycles. The molecule has 6 heteroatoms. The van der Waals surface area contributed by atoms with E-state index >= 15 is 0 Å². The van der Waals surface area contributed by atoms with Gasteiger partial charge in [0.2, 0.25) is 5.91 Å². The minimum atomic E-state index is -0.308. The molecule has 0 saturated heterocycles. The average Bonchev–Trinajstić information content (AvgIpc) is 3.16. The predicted molar refractivity (Wildman–Crippen MR) is 131 cm³/mol. The fourth-order valence-electron chi connectivity index (χ4n) is 3.99. The van der Waals surface area contributed by atoms with Gasteiger partial charge < -0.3 is 9.88 Å². The highest BCUT2D eigenvalue weighted by molar-refractivity contribution is 6.31. The van der Waals surface area contributed by atoms with Crippen molar-refractivity contribution in [3.8, 4) is 0 Å². The van der Waals surface area contributed by atoms with Crippen LogP contribution in [0.1, 0.15) is 36.2 Å². The SMILES string of the molecule is O=C(Cc1ccccc1)NCCCCCc1nc2ccccc2n1Cc1c(F)cccc1Cl. The van der Waals surface area contributed by atoms with Crippen LogP contribution in [-0.2, 0) is 24.2 Å². The fraction of sp³-hybridized carbons (Fsp3) is 0.259. The zero-order valence-corrected chi connectivity index (χ0v) is 19.2. The second-order valence-electron chi connectivity index (χ2n) is 8.13. The lowest BCUT2D eigenvalue weighted by molar-refractivity contribution is -0.120. The number of para-hydroxylation sites is 2. The molecule has 1 heterocycles. The van der Waals surface area contributed by atoms with Gasteiger partial charge in [0, 0.05) is 23.6 Å². The van der Waals surface area contributed by atoms with Crippen LogP contribution in [0.25, 0.3) is 11.0 Å². The number of hydrogen-bond donors (Lipinski definition) is 1. The van der Waals surface area contributed by atoms with Crippen molar-refractivity contribution < 1.29 is 9.18 Å². The van der Waals surface area contributed by atoms with Gasteiger partial charge in [-0.1, -0.05) is 66.6 Å². The molecule has 3 aromatic carbocycles. The normalized spacial score (nSPS) is 11.1. The molecule has 0 aliphatic heterocycles. The summed E-state index contributed by atoms with van der Waals surface area (Å²) < 4.78 is 16.5. The van der Waals surface area contributed by atoms with E-state index < -0.39 is 0 Å². The smallest absolute Gasteiger partial charge is 0.224 e. The monoisotopic (exact) mass is 463 g/mol. The van der Waals surface area contributed by atoms with Crippen molar-refractivity contribution in [2.45, 2.75) is 38.6 Å². The van der Waals surface area contributed by atoms with Gasteiger partial charge in [0.1, 0.15) is 11.6 Å². The van der Waals surface area contributed by atoms with E-state index in [0.717, 1.165) is 48.1 Å². The molecule has 0 unspecified atom stereocenters. The van der Waals surface area contributed by atoms with E-state index in [-0.39, 0.29) is 11.7 Å². The average molecular weight is 464 g/mol. The number of imidazole rings is 1. The topological polar surface area (TPSA) is 46.9 Å². The Morgan fingerprint density at radius 2 is 1.73 bits per heavy atom. The van der Waals surface area contributed by atoms with Crippen molar-refractivity contribution in [3.05, 3.63) is 101 Å². The van der Waals surface area contributed by atoms with Gasteiger partial charge in [-0.25, -0.2) is 9.37 Å². The maximum atomic E-state index is 14.4. The molecule has 0 spiro atoms. The molecule has 1 N–H and O–H groups in total. The summed E-state index contributed by atoms with van der Waals surface area (Å²) in [4.78, 5) is 16.9. The second kappa shape index (κ2) is 11.1. The first-order valence-corrected chi connectivity index (χ1v) is 11.7. The van der Waals surface area contributed by atoms with Gasteiger partial charge in [-0.05, 0) is 42.7 Å². The number of fused-ring (bicyclic) bond motifs is 1. The summed E-state index contributed by atoms with van der Waals surface area (Å²) in [6.07, 6.45) is 3.99. The molecular weight excluding hydrogens is 437 g/mol. The number of aromatic nitrogens is 2. The molecule has 4 aromatic rings. The van der Waals surface area contributed by atoms with E-state index in [1.807, 2.05) is 54.6 Å². The van der Waals surface area contributed by atoms with Crippen LogP contribution in [0.5, 0.6) is 0 Å². The van der Waals surface area contributed by atoms with Gasteiger partial charge in [-0.3, -0.25) is 4.79 Å². The third kappa shape index (κ3) is 5.99. The highest BCUT2D eigenvalue weighted by Gasteiger charge is 2.14. The van der Waals surface area contributed by atoms with Crippen molar-refractivity contribution in [2.24, 2.45) is 0 Å². The van der Waals surface area contributed by atoms with Crippen LogP contribution in [0.2, 0.25) is 5.02 Å². The molecule has 0 atom stereocenters. The van der Waals surface area contributed by atoms with Gasteiger partial charge in [0.15, 0.2) is 0 Å². The third-order valence-corrected chi connectivity index (χ3v) is 6.07. The van der Waals surface area contributed by atoms with Crippen LogP contribution in [0.4, 0.5) is 4.39 Å². The summed E-state index contributed by atoms with van der Waals surface area (Å²) in [5.74, 6) is 0.658. The van der Waals surface area contributed by atoms with Crippen molar-refractivity contribution in [2.75, 3.05) is 6.54 Å². The minimum absolute atomic E-state index is 0.0461. The number of aryl methyl sites for hydroxylation is 1. The Morgan fingerprint density at radius 1 is 0.939 bits per heavy atom. The van der Waals surface area contributed by atoms with Crippen LogP contribution in [-0.4, -0.2) is 22.0 Å². The fourth-order valence-corrected chi connectivity index (χ4v) is 4.21. The van der Waals surface area contributed by atoms with Crippen molar-refractivity contribution in [1.29, 1.82) is 0 Å². The summed E-state index contributed by atoms with van der Waals surface area (Å²) >= 11 is 6.28. The molecular formula is C27H27ClFN3O. The van der Waals surface area contributed by atoms with E-state index in [2.05, 4.69) is 9.88 Å². The highest BCUT2D eigenvalue weighted by atomic mass is 35.5. The molecule has 4 rings (SSSR count). The number of hydrogen-bond acceptors (Lipinski definition) is 2. The van der Waals surface area contributed by atoms with E-state index in [4.69, 9.17) is 16.6 Å². The predicted octanol–water partition coefficient (Wildman–Crippen LogP) is 5.95. The first kappa shape index (κ1) is 23.0. The minimum Gasteiger partial charge on any atom is -0.356 e. The third-order valence-electron chi connectivity index (χ3n) is 5.72. The maximum Gasteiger partial charge on any atom is 0.224 e. The number of nitrogens with one attached hydrogen (secondary N) is 1. The first-order valence-electron chi connectivity index (χ1n) is 11.3. The molecule has 0 fully saturated rings. The lowest BCUT2D eigenvalue weighted by Gasteiger charge is -2.12.